The first-order valence-corrected chi connectivity index (χ1v) is 9.14. The highest BCUT2D eigenvalue weighted by atomic mass is 32.1. The maximum absolute atomic E-state index is 12.8. The van der Waals surface area contributed by atoms with Gasteiger partial charge in [0, 0.05) is 5.56 Å². The molecule has 4 N–H and O–H groups in total. The van der Waals surface area contributed by atoms with E-state index < -0.39 is 5.91 Å². The number of hydrogen-bond acceptors (Lipinski definition) is 10. The van der Waals surface area contributed by atoms with Gasteiger partial charge >= 0.3 is 0 Å². The molecule has 146 valence electrons. The zero-order valence-electron chi connectivity index (χ0n) is 15.0. The molecule has 4 aromatic rings. The molecule has 4 rings (SSSR count). The van der Waals surface area contributed by atoms with E-state index in [0.29, 0.717) is 17.0 Å². The molecule has 0 aliphatic rings. The minimum atomic E-state index is -0.575. The standard InChI is InChI=1S/C17H14N8O3S/c1-9(10-4-2-5-11(26)8-10)19-21-17(27)13-14(12-6-3-7-29-12)25(24-20-13)16-15(18)22-28-23-16/h2-8,26H,1H3,(H2,18,22)(H,21,27). The minimum absolute atomic E-state index is 0.0115. The van der Waals surface area contributed by atoms with Gasteiger partial charge in [-0.15, -0.1) is 16.4 Å². The Bertz CT molecular complexity index is 1200. The molecule has 29 heavy (non-hydrogen) atoms. The molecule has 11 nitrogen and oxygen atoms in total. The van der Waals surface area contributed by atoms with Crippen molar-refractivity contribution in [2.75, 3.05) is 5.73 Å². The quantitative estimate of drug-likeness (QED) is 0.332. The predicted molar refractivity (Wildman–Crippen MR) is 105 cm³/mol. The summed E-state index contributed by atoms with van der Waals surface area (Å²) in [6, 6.07) is 10.2. The smallest absolute Gasteiger partial charge is 0.294 e. The fourth-order valence-corrected chi connectivity index (χ4v) is 3.29. The van der Waals surface area contributed by atoms with Gasteiger partial charge in [-0.2, -0.15) is 9.78 Å². The van der Waals surface area contributed by atoms with Crippen molar-refractivity contribution >= 4 is 28.8 Å². The Hall–Kier alpha value is -4.06. The summed E-state index contributed by atoms with van der Waals surface area (Å²) in [6.45, 7) is 1.70. The molecule has 0 radical (unpaired) electrons. The van der Waals surface area contributed by atoms with Crippen LogP contribution in [0.2, 0.25) is 0 Å². The van der Waals surface area contributed by atoms with Crippen LogP contribution in [0.15, 0.2) is 51.5 Å². The number of carbonyl (C=O) groups excluding carboxylic acids is 1. The third-order valence-electron chi connectivity index (χ3n) is 3.93. The molecular formula is C17H14N8O3S. The molecule has 0 saturated heterocycles. The van der Waals surface area contributed by atoms with Crippen molar-refractivity contribution < 1.29 is 14.5 Å². The van der Waals surface area contributed by atoms with Crippen molar-refractivity contribution in [2.24, 2.45) is 5.10 Å². The van der Waals surface area contributed by atoms with Crippen molar-refractivity contribution in [3.63, 3.8) is 0 Å². The number of nitrogens with one attached hydrogen (secondary N) is 1. The van der Waals surface area contributed by atoms with Crippen LogP contribution >= 0.6 is 11.3 Å². The Kier molecular flexibility index (Phi) is 4.75. The number of nitrogens with two attached hydrogens (primary N) is 1. The average Bonchev–Trinajstić information content (AvgIpc) is 3.45. The summed E-state index contributed by atoms with van der Waals surface area (Å²) in [7, 11) is 0. The van der Waals surface area contributed by atoms with E-state index >= 15 is 0 Å². The van der Waals surface area contributed by atoms with Gasteiger partial charge in [0.1, 0.15) is 11.4 Å². The second kappa shape index (κ2) is 7.52. The minimum Gasteiger partial charge on any atom is -0.508 e. The van der Waals surface area contributed by atoms with Gasteiger partial charge in [-0.25, -0.2) is 10.1 Å². The molecule has 0 atom stereocenters. The van der Waals surface area contributed by atoms with Gasteiger partial charge in [0.25, 0.3) is 5.91 Å². The van der Waals surface area contributed by atoms with Crippen molar-refractivity contribution in [1.29, 1.82) is 0 Å². The fourth-order valence-electron chi connectivity index (χ4n) is 2.54. The summed E-state index contributed by atoms with van der Waals surface area (Å²) < 4.78 is 5.92. The normalized spacial score (nSPS) is 11.6. The number of carbonyl (C=O) groups is 1. The van der Waals surface area contributed by atoms with E-state index in [1.165, 1.54) is 16.0 Å². The zero-order chi connectivity index (χ0) is 20.4. The number of phenols is 1. The lowest BCUT2D eigenvalue weighted by atomic mass is 10.1. The van der Waals surface area contributed by atoms with Crippen molar-refractivity contribution in [2.45, 2.75) is 6.92 Å². The molecule has 0 spiro atoms. The maximum atomic E-state index is 12.8. The second-order valence-corrected chi connectivity index (χ2v) is 6.78. The number of nitrogens with zero attached hydrogens (tertiary/aromatic N) is 6. The molecule has 0 aliphatic heterocycles. The lowest BCUT2D eigenvalue weighted by molar-refractivity contribution is 0.0950. The van der Waals surface area contributed by atoms with Crippen LogP contribution in [0.1, 0.15) is 23.0 Å². The Morgan fingerprint density at radius 1 is 1.31 bits per heavy atom. The van der Waals surface area contributed by atoms with Crippen LogP contribution in [0.25, 0.3) is 16.4 Å². The third kappa shape index (κ3) is 3.55. The van der Waals surface area contributed by atoms with Crippen molar-refractivity contribution in [3.8, 4) is 22.1 Å². The molecule has 0 fully saturated rings. The predicted octanol–water partition coefficient (Wildman–Crippen LogP) is 1.82. The number of anilines is 1. The summed E-state index contributed by atoms with van der Waals surface area (Å²) in [5.41, 5.74) is 9.79. The van der Waals surface area contributed by atoms with E-state index in [9.17, 15) is 9.90 Å². The number of nitrogen functional groups attached to an aromatic ring is 1. The molecule has 12 heteroatoms. The third-order valence-corrected chi connectivity index (χ3v) is 4.80. The molecular weight excluding hydrogens is 396 g/mol. The highest BCUT2D eigenvalue weighted by Gasteiger charge is 2.25. The number of hydrogen-bond donors (Lipinski definition) is 3. The topological polar surface area (TPSA) is 157 Å². The van der Waals surface area contributed by atoms with E-state index in [-0.39, 0.29) is 23.1 Å². The number of aromatic hydroxyl groups is 1. The number of amides is 1. The Balaban J connectivity index is 1.68. The number of benzene rings is 1. The van der Waals surface area contributed by atoms with Crippen LogP contribution in [0.5, 0.6) is 5.75 Å². The van der Waals surface area contributed by atoms with Crippen LogP contribution in [0.4, 0.5) is 5.82 Å². The molecule has 0 saturated carbocycles. The first kappa shape index (κ1) is 18.3. The van der Waals surface area contributed by atoms with Crippen LogP contribution in [0.3, 0.4) is 0 Å². The van der Waals surface area contributed by atoms with Crippen molar-refractivity contribution in [1.82, 2.24) is 30.7 Å². The highest BCUT2D eigenvalue weighted by molar-refractivity contribution is 7.13. The second-order valence-electron chi connectivity index (χ2n) is 5.84. The Morgan fingerprint density at radius 3 is 2.86 bits per heavy atom. The summed E-state index contributed by atoms with van der Waals surface area (Å²) in [5, 5.41) is 30.7. The van der Waals surface area contributed by atoms with E-state index in [0.717, 1.165) is 4.88 Å². The van der Waals surface area contributed by atoms with E-state index in [1.54, 1.807) is 31.2 Å². The molecule has 3 heterocycles. The average molecular weight is 410 g/mol. The lowest BCUT2D eigenvalue weighted by Crippen LogP contribution is -2.20. The number of hydrazone groups is 1. The number of rotatable bonds is 5. The SMILES string of the molecule is CC(=NNC(=O)c1nnn(-c2nonc2N)c1-c1cccs1)c1cccc(O)c1. The van der Waals surface area contributed by atoms with E-state index in [4.69, 9.17) is 5.73 Å². The van der Waals surface area contributed by atoms with Gasteiger partial charge in [-0.1, -0.05) is 23.4 Å². The van der Waals surface area contributed by atoms with Crippen LogP contribution in [0, 0.1) is 0 Å². The summed E-state index contributed by atoms with van der Waals surface area (Å²) in [5.74, 6) is -0.337. The lowest BCUT2D eigenvalue weighted by Gasteiger charge is -2.04. The molecule has 0 unspecified atom stereocenters. The molecule has 1 aromatic carbocycles. The van der Waals surface area contributed by atoms with Crippen LogP contribution in [-0.2, 0) is 0 Å². The zero-order valence-corrected chi connectivity index (χ0v) is 15.8. The maximum Gasteiger partial charge on any atom is 0.294 e. The monoisotopic (exact) mass is 410 g/mol. The number of aromatic nitrogens is 5. The van der Waals surface area contributed by atoms with Gasteiger partial charge in [0.2, 0.25) is 11.6 Å². The Labute approximate surface area is 167 Å². The van der Waals surface area contributed by atoms with Gasteiger partial charge < -0.3 is 10.8 Å². The van der Waals surface area contributed by atoms with Gasteiger partial charge in [0.15, 0.2) is 5.69 Å². The van der Waals surface area contributed by atoms with Gasteiger partial charge in [-0.3, -0.25) is 4.79 Å². The Morgan fingerprint density at radius 2 is 2.17 bits per heavy atom. The highest BCUT2D eigenvalue weighted by Crippen LogP contribution is 2.29. The van der Waals surface area contributed by atoms with Crippen molar-refractivity contribution in [3.05, 3.63) is 53.0 Å². The largest absolute Gasteiger partial charge is 0.508 e. The van der Waals surface area contributed by atoms with Gasteiger partial charge in [-0.05, 0) is 40.8 Å². The fraction of sp³-hybridized carbons (Fsp3) is 0.0588. The summed E-state index contributed by atoms with van der Waals surface area (Å²) >= 11 is 1.39. The first-order chi connectivity index (χ1) is 14.0. The molecule has 0 aliphatic carbocycles. The first-order valence-electron chi connectivity index (χ1n) is 8.26. The van der Waals surface area contributed by atoms with Gasteiger partial charge in [0.05, 0.1) is 10.6 Å². The van der Waals surface area contributed by atoms with E-state index in [1.807, 2.05) is 17.5 Å². The number of phenolic OH excluding ortho intramolecular Hbond substituents is 1. The van der Waals surface area contributed by atoms with Crippen LogP contribution in [-0.4, -0.2) is 42.0 Å². The molecule has 1 amide bonds. The summed E-state index contributed by atoms with van der Waals surface area (Å²) in [6.07, 6.45) is 0. The van der Waals surface area contributed by atoms with Crippen LogP contribution < -0.4 is 11.2 Å². The van der Waals surface area contributed by atoms with E-state index in [2.05, 4.69) is 35.8 Å². The number of thiophene rings is 1. The summed E-state index contributed by atoms with van der Waals surface area (Å²) in [4.78, 5) is 13.5. The molecule has 3 aromatic heterocycles. The molecule has 0 bridgehead atoms.